The van der Waals surface area contributed by atoms with E-state index in [-0.39, 0.29) is 17.2 Å². The molecule has 34 heavy (non-hydrogen) atoms. The zero-order valence-electron chi connectivity index (χ0n) is 18.0. The number of nitrogens with one attached hydrogen (secondary N) is 2. The van der Waals surface area contributed by atoms with Crippen LogP contribution in [0.5, 0.6) is 0 Å². The monoisotopic (exact) mass is 468 g/mol. The zero-order valence-corrected chi connectivity index (χ0v) is 18.8. The molecular formula is C26H20N4O3S. The number of amides is 1. The number of para-hydroxylation sites is 1. The molecule has 5 rings (SSSR count). The van der Waals surface area contributed by atoms with Crippen molar-refractivity contribution in [3.05, 3.63) is 107 Å². The Morgan fingerprint density at radius 1 is 0.912 bits per heavy atom. The van der Waals surface area contributed by atoms with Crippen LogP contribution in [0.3, 0.4) is 0 Å². The Kier molecular flexibility index (Phi) is 6.13. The van der Waals surface area contributed by atoms with Gasteiger partial charge in [0.1, 0.15) is 11.5 Å². The number of benzene rings is 3. The van der Waals surface area contributed by atoms with Crippen LogP contribution in [-0.4, -0.2) is 26.4 Å². The lowest BCUT2D eigenvalue weighted by Crippen LogP contribution is -2.15. The van der Waals surface area contributed by atoms with E-state index in [1.54, 1.807) is 12.1 Å². The van der Waals surface area contributed by atoms with Crippen molar-refractivity contribution in [2.45, 2.75) is 5.22 Å². The van der Waals surface area contributed by atoms with Gasteiger partial charge in [-0.2, -0.15) is 0 Å². The summed E-state index contributed by atoms with van der Waals surface area (Å²) >= 11 is 1.19. The van der Waals surface area contributed by atoms with Crippen molar-refractivity contribution < 1.29 is 9.21 Å². The molecule has 0 aliphatic heterocycles. The van der Waals surface area contributed by atoms with E-state index in [9.17, 15) is 9.59 Å². The van der Waals surface area contributed by atoms with Crippen LogP contribution >= 0.6 is 11.8 Å². The van der Waals surface area contributed by atoms with E-state index in [1.807, 2.05) is 78.9 Å². The summed E-state index contributed by atoms with van der Waals surface area (Å²) in [7, 11) is 0. The molecule has 5 aromatic rings. The number of aromatic nitrogens is 3. The Hall–Kier alpha value is -4.30. The minimum absolute atomic E-state index is 0.0710. The molecule has 2 heterocycles. The van der Waals surface area contributed by atoms with Crippen LogP contribution in [0.2, 0.25) is 0 Å². The third kappa shape index (κ3) is 4.72. The quantitative estimate of drug-likeness (QED) is 0.320. The fourth-order valence-corrected chi connectivity index (χ4v) is 4.11. The van der Waals surface area contributed by atoms with Crippen molar-refractivity contribution in [1.29, 1.82) is 0 Å². The first-order chi connectivity index (χ1) is 16.7. The maximum Gasteiger partial charge on any atom is 0.273 e. The predicted octanol–water partition coefficient (Wildman–Crippen LogP) is 5.22. The van der Waals surface area contributed by atoms with Gasteiger partial charge in [0.25, 0.3) is 10.8 Å². The maximum atomic E-state index is 12.5. The van der Waals surface area contributed by atoms with Crippen LogP contribution in [-0.2, 0) is 4.79 Å². The number of carbonyl (C=O) groups excluding carboxylic acids is 1. The Morgan fingerprint density at radius 2 is 1.53 bits per heavy atom. The summed E-state index contributed by atoms with van der Waals surface area (Å²) in [6, 6.07) is 30.0. The molecule has 3 aromatic carbocycles. The van der Waals surface area contributed by atoms with Gasteiger partial charge in [-0.3, -0.25) is 14.7 Å². The Labute approximate surface area is 199 Å². The lowest BCUT2D eigenvalue weighted by Gasteiger charge is -2.03. The van der Waals surface area contributed by atoms with Crippen LogP contribution < -0.4 is 10.9 Å². The standard InChI is InChI=1S/C26H20N4O3S/c31-22(27-21-16-23(32)30(29-21)20-14-8-3-9-15-20)17-34-26-28-24(18-10-4-1-5-11-18)25(33-26)19-12-6-2-7-13-19/h1-16,29H,17H2,(H,27,31). The number of nitrogens with zero attached hydrogens (tertiary/aromatic N) is 2. The average Bonchev–Trinajstić information content (AvgIpc) is 3.48. The van der Waals surface area contributed by atoms with E-state index in [4.69, 9.17) is 4.42 Å². The summed E-state index contributed by atoms with van der Waals surface area (Å²) in [6.45, 7) is 0. The van der Waals surface area contributed by atoms with Crippen LogP contribution in [0, 0.1) is 0 Å². The summed E-state index contributed by atoms with van der Waals surface area (Å²) < 4.78 is 7.42. The van der Waals surface area contributed by atoms with Crippen molar-refractivity contribution in [1.82, 2.24) is 14.8 Å². The van der Waals surface area contributed by atoms with E-state index in [2.05, 4.69) is 15.4 Å². The van der Waals surface area contributed by atoms with E-state index in [0.717, 1.165) is 16.8 Å². The maximum absolute atomic E-state index is 12.5. The van der Waals surface area contributed by atoms with E-state index in [1.165, 1.54) is 22.5 Å². The second-order valence-electron chi connectivity index (χ2n) is 7.41. The Morgan fingerprint density at radius 3 is 2.21 bits per heavy atom. The smallest absolute Gasteiger partial charge is 0.273 e. The van der Waals surface area contributed by atoms with Crippen molar-refractivity contribution in [2.75, 3.05) is 11.1 Å². The number of oxazole rings is 1. The number of hydrogen-bond donors (Lipinski definition) is 2. The lowest BCUT2D eigenvalue weighted by atomic mass is 10.1. The van der Waals surface area contributed by atoms with E-state index < -0.39 is 0 Å². The molecule has 0 fully saturated rings. The molecule has 0 atom stereocenters. The fourth-order valence-electron chi connectivity index (χ4n) is 3.48. The Balaban J connectivity index is 1.31. The first kappa shape index (κ1) is 21.5. The van der Waals surface area contributed by atoms with Crippen LogP contribution in [0.25, 0.3) is 28.3 Å². The van der Waals surface area contributed by atoms with Gasteiger partial charge in [-0.05, 0) is 12.1 Å². The number of thioether (sulfide) groups is 1. The first-order valence-electron chi connectivity index (χ1n) is 10.6. The normalized spacial score (nSPS) is 10.8. The molecule has 0 radical (unpaired) electrons. The van der Waals surface area contributed by atoms with Crippen LogP contribution in [0.4, 0.5) is 5.82 Å². The molecule has 2 aromatic heterocycles. The topological polar surface area (TPSA) is 92.9 Å². The third-order valence-corrected chi connectivity index (χ3v) is 5.85. The average molecular weight is 469 g/mol. The van der Waals surface area contributed by atoms with Crippen LogP contribution in [0.15, 0.2) is 111 Å². The van der Waals surface area contributed by atoms with Gasteiger partial charge in [0, 0.05) is 17.2 Å². The van der Waals surface area contributed by atoms with Gasteiger partial charge in [-0.15, -0.1) is 0 Å². The van der Waals surface area contributed by atoms with Crippen LogP contribution in [0.1, 0.15) is 0 Å². The molecule has 168 valence electrons. The molecule has 0 spiro atoms. The molecule has 7 nitrogen and oxygen atoms in total. The molecular weight excluding hydrogens is 448 g/mol. The highest BCUT2D eigenvalue weighted by molar-refractivity contribution is 7.99. The zero-order chi connectivity index (χ0) is 23.3. The fraction of sp³-hybridized carbons (Fsp3) is 0.0385. The number of aromatic amines is 1. The SMILES string of the molecule is O=C(CSc1nc(-c2ccccc2)c(-c2ccccc2)o1)Nc1cc(=O)n(-c2ccccc2)[nH]1. The number of hydrogen-bond acceptors (Lipinski definition) is 5. The van der Waals surface area contributed by atoms with Crippen molar-refractivity contribution in [3.63, 3.8) is 0 Å². The van der Waals surface area contributed by atoms with Gasteiger partial charge >= 0.3 is 0 Å². The lowest BCUT2D eigenvalue weighted by molar-refractivity contribution is -0.113. The molecule has 0 bridgehead atoms. The van der Waals surface area contributed by atoms with Gasteiger partial charge in [-0.25, -0.2) is 9.67 Å². The van der Waals surface area contributed by atoms with Crippen molar-refractivity contribution >= 4 is 23.5 Å². The summed E-state index contributed by atoms with van der Waals surface area (Å²) in [6.07, 6.45) is 0. The summed E-state index contributed by atoms with van der Waals surface area (Å²) in [5.41, 5.74) is 2.98. The highest BCUT2D eigenvalue weighted by atomic mass is 32.2. The largest absolute Gasteiger partial charge is 0.431 e. The highest BCUT2D eigenvalue weighted by Gasteiger charge is 2.18. The summed E-state index contributed by atoms with van der Waals surface area (Å²) in [4.78, 5) is 29.5. The number of anilines is 1. The van der Waals surface area contributed by atoms with Gasteiger partial charge in [-0.1, -0.05) is 90.6 Å². The van der Waals surface area contributed by atoms with Crippen molar-refractivity contribution in [2.24, 2.45) is 0 Å². The minimum atomic E-state index is -0.285. The highest BCUT2D eigenvalue weighted by Crippen LogP contribution is 2.35. The second-order valence-corrected chi connectivity index (χ2v) is 8.33. The molecule has 1 amide bonds. The molecule has 0 saturated heterocycles. The van der Waals surface area contributed by atoms with Gasteiger partial charge < -0.3 is 9.73 Å². The third-order valence-electron chi connectivity index (χ3n) is 5.03. The number of H-pyrrole nitrogens is 1. The van der Waals surface area contributed by atoms with E-state index in [0.29, 0.717) is 22.5 Å². The molecule has 2 N–H and O–H groups in total. The summed E-state index contributed by atoms with van der Waals surface area (Å²) in [5.74, 6) is 0.759. The number of carbonyl (C=O) groups is 1. The molecule has 0 aliphatic carbocycles. The summed E-state index contributed by atoms with van der Waals surface area (Å²) in [5, 5.41) is 6.02. The molecule has 0 unspecified atom stereocenters. The molecule has 0 aliphatic rings. The van der Waals surface area contributed by atoms with Gasteiger partial charge in [0.05, 0.1) is 11.4 Å². The predicted molar refractivity (Wildman–Crippen MR) is 133 cm³/mol. The number of rotatable bonds is 7. The second kappa shape index (κ2) is 9.68. The molecule has 8 heteroatoms. The van der Waals surface area contributed by atoms with Gasteiger partial charge in [0.2, 0.25) is 5.91 Å². The minimum Gasteiger partial charge on any atom is -0.431 e. The van der Waals surface area contributed by atoms with Gasteiger partial charge in [0.15, 0.2) is 5.76 Å². The van der Waals surface area contributed by atoms with Crippen molar-refractivity contribution in [3.8, 4) is 28.3 Å². The first-order valence-corrected chi connectivity index (χ1v) is 11.6. The Bertz CT molecular complexity index is 1400. The van der Waals surface area contributed by atoms with E-state index >= 15 is 0 Å². The molecule has 0 saturated carbocycles.